The van der Waals surface area contributed by atoms with E-state index in [0.29, 0.717) is 19.3 Å². The molecule has 1 heterocycles. The second-order valence-electron chi connectivity index (χ2n) is 13.5. The number of anilines is 1. The fraction of sp³-hybridized carbons (Fsp3) is 0.632. The standard InChI is InChI=1S/C38H62N8O5/c1-2-3-4-5-6-7-8-9-10-11-12-13-17-23-34(48)44-30(22-18-21-29-27-42-38(41)43-29)36(50)45-31(24-25-33(39)47)37(51)46-32(35(40)49)26-28-19-15-14-16-20-28/h14-16,19-20,27,30-32H,2-13,17-18,21-26H2,1H3,(H2,39,47)(H2,40,49)(H,44,48)(H,45,50)(H,46,51)(H3,41,42,43)/t30-,31-,32-/m0/s1. The first-order chi connectivity index (χ1) is 24.6. The summed E-state index contributed by atoms with van der Waals surface area (Å²) in [6, 6.07) is 5.85. The van der Waals surface area contributed by atoms with Gasteiger partial charge in [-0.1, -0.05) is 114 Å². The van der Waals surface area contributed by atoms with E-state index in [4.69, 9.17) is 17.2 Å². The predicted molar refractivity (Wildman–Crippen MR) is 200 cm³/mol. The number of aromatic nitrogens is 2. The average Bonchev–Trinajstić information content (AvgIpc) is 3.52. The van der Waals surface area contributed by atoms with Gasteiger partial charge in [-0.05, 0) is 37.7 Å². The van der Waals surface area contributed by atoms with Crippen molar-refractivity contribution >= 4 is 35.5 Å². The maximum atomic E-state index is 13.6. The molecule has 284 valence electrons. The monoisotopic (exact) mass is 710 g/mol. The van der Waals surface area contributed by atoms with Gasteiger partial charge in [-0.25, -0.2) is 4.98 Å². The number of hydrogen-bond donors (Lipinski definition) is 7. The van der Waals surface area contributed by atoms with E-state index in [1.807, 2.05) is 6.07 Å². The lowest BCUT2D eigenvalue weighted by atomic mass is 10.0. The lowest BCUT2D eigenvalue weighted by molar-refractivity contribution is -0.133. The molecule has 13 nitrogen and oxygen atoms in total. The number of rotatable bonds is 29. The number of unbranched alkanes of at least 4 members (excludes halogenated alkanes) is 12. The second-order valence-corrected chi connectivity index (χ2v) is 13.5. The van der Waals surface area contributed by atoms with Gasteiger partial charge in [0.1, 0.15) is 18.1 Å². The summed E-state index contributed by atoms with van der Waals surface area (Å²) < 4.78 is 0. The summed E-state index contributed by atoms with van der Waals surface area (Å²) in [5.41, 5.74) is 18.2. The maximum absolute atomic E-state index is 13.6. The molecule has 10 N–H and O–H groups in total. The molecule has 0 bridgehead atoms. The van der Waals surface area contributed by atoms with E-state index < -0.39 is 41.8 Å². The van der Waals surface area contributed by atoms with E-state index in [0.717, 1.165) is 30.5 Å². The van der Waals surface area contributed by atoms with Crippen molar-refractivity contribution in [2.75, 3.05) is 5.73 Å². The minimum Gasteiger partial charge on any atom is -0.370 e. The number of nitrogens with one attached hydrogen (secondary N) is 4. The molecule has 2 aromatic rings. The van der Waals surface area contributed by atoms with Crippen LogP contribution in [0, 0.1) is 0 Å². The summed E-state index contributed by atoms with van der Waals surface area (Å²) in [6.07, 6.45) is 18.6. The van der Waals surface area contributed by atoms with Crippen molar-refractivity contribution in [3.63, 3.8) is 0 Å². The summed E-state index contributed by atoms with van der Waals surface area (Å²) in [4.78, 5) is 70.9. The first-order valence-electron chi connectivity index (χ1n) is 18.9. The first-order valence-corrected chi connectivity index (χ1v) is 18.9. The molecule has 0 aliphatic carbocycles. The van der Waals surface area contributed by atoms with E-state index in [2.05, 4.69) is 32.8 Å². The Kier molecular flexibility index (Phi) is 21.4. The Labute approximate surface area is 303 Å². The van der Waals surface area contributed by atoms with Gasteiger partial charge in [-0.2, -0.15) is 0 Å². The van der Waals surface area contributed by atoms with Crippen LogP contribution in [-0.4, -0.2) is 57.6 Å². The SMILES string of the molecule is CCCCCCCCCCCCCCCC(=O)N[C@@H](CCCc1cnc(N)[nH]1)C(=O)N[C@@H](CCC(N)=O)C(=O)N[C@@H](Cc1ccccc1)C(N)=O. The van der Waals surface area contributed by atoms with Crippen LogP contribution in [0.25, 0.3) is 0 Å². The summed E-state index contributed by atoms with van der Waals surface area (Å²) >= 11 is 0. The lowest BCUT2D eigenvalue weighted by Crippen LogP contribution is -2.56. The van der Waals surface area contributed by atoms with Crippen LogP contribution < -0.4 is 33.2 Å². The number of primary amides is 2. The van der Waals surface area contributed by atoms with Crippen molar-refractivity contribution in [3.8, 4) is 0 Å². The van der Waals surface area contributed by atoms with Crippen molar-refractivity contribution < 1.29 is 24.0 Å². The number of H-pyrrole nitrogens is 1. The number of carbonyl (C=O) groups is 5. The molecule has 1 aromatic carbocycles. The van der Waals surface area contributed by atoms with E-state index in [-0.39, 0.29) is 44.0 Å². The molecule has 1 aromatic heterocycles. The molecule has 0 saturated heterocycles. The average molecular weight is 711 g/mol. The van der Waals surface area contributed by atoms with Gasteiger partial charge < -0.3 is 38.1 Å². The van der Waals surface area contributed by atoms with Crippen LogP contribution in [0.3, 0.4) is 0 Å². The number of hydrogen-bond acceptors (Lipinski definition) is 7. The number of nitrogens with two attached hydrogens (primary N) is 3. The third-order valence-corrected chi connectivity index (χ3v) is 9.00. The van der Waals surface area contributed by atoms with Crippen LogP contribution in [0.4, 0.5) is 5.95 Å². The number of carbonyl (C=O) groups excluding carboxylic acids is 5. The Morgan fingerprint density at radius 3 is 1.76 bits per heavy atom. The molecule has 51 heavy (non-hydrogen) atoms. The lowest BCUT2D eigenvalue weighted by Gasteiger charge is -2.25. The molecule has 0 spiro atoms. The van der Waals surface area contributed by atoms with Crippen molar-refractivity contribution in [2.24, 2.45) is 11.5 Å². The largest absolute Gasteiger partial charge is 0.370 e. The van der Waals surface area contributed by atoms with Gasteiger partial charge in [0.25, 0.3) is 0 Å². The normalized spacial score (nSPS) is 12.8. The number of imidazole rings is 1. The van der Waals surface area contributed by atoms with Crippen LogP contribution >= 0.6 is 0 Å². The van der Waals surface area contributed by atoms with E-state index >= 15 is 0 Å². The molecule has 0 fully saturated rings. The van der Waals surface area contributed by atoms with Gasteiger partial charge in [0.05, 0.1) is 6.20 Å². The highest BCUT2D eigenvalue weighted by atomic mass is 16.2. The van der Waals surface area contributed by atoms with Gasteiger partial charge in [0, 0.05) is 25.0 Å². The second kappa shape index (κ2) is 25.5. The minimum absolute atomic E-state index is 0.100. The van der Waals surface area contributed by atoms with Crippen LogP contribution in [0.1, 0.15) is 134 Å². The van der Waals surface area contributed by atoms with Gasteiger partial charge in [-0.15, -0.1) is 0 Å². The first kappa shape index (κ1) is 42.7. The molecule has 2 rings (SSSR count). The Morgan fingerprint density at radius 2 is 1.24 bits per heavy atom. The van der Waals surface area contributed by atoms with Gasteiger partial charge in [0.15, 0.2) is 5.95 Å². The van der Waals surface area contributed by atoms with Crippen LogP contribution in [0.15, 0.2) is 36.5 Å². The summed E-state index contributed by atoms with van der Waals surface area (Å²) in [6.45, 7) is 2.24. The molecule has 0 unspecified atom stereocenters. The van der Waals surface area contributed by atoms with Crippen molar-refractivity contribution in [3.05, 3.63) is 47.8 Å². The number of aromatic amines is 1. The Bertz CT molecular complexity index is 1320. The summed E-state index contributed by atoms with van der Waals surface area (Å²) in [7, 11) is 0. The molecule has 0 radical (unpaired) electrons. The van der Waals surface area contributed by atoms with Gasteiger partial charge >= 0.3 is 0 Å². The molecule has 0 aliphatic heterocycles. The topological polar surface area (TPSA) is 228 Å². The molecular weight excluding hydrogens is 648 g/mol. The minimum atomic E-state index is -1.20. The van der Waals surface area contributed by atoms with E-state index in [9.17, 15) is 24.0 Å². The molecule has 5 amide bonds. The van der Waals surface area contributed by atoms with Crippen molar-refractivity contribution in [1.29, 1.82) is 0 Å². The third kappa shape index (κ3) is 19.5. The van der Waals surface area contributed by atoms with Crippen molar-refractivity contribution in [2.45, 2.75) is 153 Å². The molecule has 0 aliphatic rings. The third-order valence-electron chi connectivity index (χ3n) is 9.00. The highest BCUT2D eigenvalue weighted by molar-refractivity contribution is 5.94. The quantitative estimate of drug-likeness (QED) is 0.0607. The van der Waals surface area contributed by atoms with Crippen molar-refractivity contribution in [1.82, 2.24) is 25.9 Å². The highest BCUT2D eigenvalue weighted by Gasteiger charge is 2.29. The fourth-order valence-corrected chi connectivity index (χ4v) is 6.01. The fourth-order valence-electron chi connectivity index (χ4n) is 6.01. The molecule has 0 saturated carbocycles. The molecule has 13 heteroatoms. The zero-order valence-electron chi connectivity index (χ0n) is 30.6. The van der Waals surface area contributed by atoms with E-state index in [1.165, 1.54) is 57.8 Å². The number of nitrogen functional groups attached to an aromatic ring is 1. The smallest absolute Gasteiger partial charge is 0.243 e. The number of aryl methyl sites for hydroxylation is 1. The zero-order valence-corrected chi connectivity index (χ0v) is 30.6. The Balaban J connectivity index is 1.94. The van der Waals surface area contributed by atoms with Gasteiger partial charge in [-0.3, -0.25) is 24.0 Å². The predicted octanol–water partition coefficient (Wildman–Crippen LogP) is 4.24. The van der Waals surface area contributed by atoms with E-state index in [1.54, 1.807) is 30.5 Å². The zero-order chi connectivity index (χ0) is 37.3. The van der Waals surface area contributed by atoms with Crippen LogP contribution in [0.5, 0.6) is 0 Å². The number of benzene rings is 1. The molecule has 3 atom stereocenters. The highest BCUT2D eigenvalue weighted by Crippen LogP contribution is 2.14. The number of nitrogens with zero attached hydrogens (tertiary/aromatic N) is 1. The van der Waals surface area contributed by atoms with Gasteiger partial charge in [0.2, 0.25) is 29.5 Å². The Morgan fingerprint density at radius 1 is 0.686 bits per heavy atom. The van der Waals surface area contributed by atoms with Crippen LogP contribution in [0.2, 0.25) is 0 Å². The summed E-state index contributed by atoms with van der Waals surface area (Å²) in [5.74, 6) is -2.63. The van der Waals surface area contributed by atoms with Crippen LogP contribution in [-0.2, 0) is 36.8 Å². The number of amides is 5. The maximum Gasteiger partial charge on any atom is 0.243 e. The molecular formula is C38H62N8O5. The Hall–Kier alpha value is -4.42. The summed E-state index contributed by atoms with van der Waals surface area (Å²) in [5, 5.41) is 8.16.